The van der Waals surface area contributed by atoms with Gasteiger partial charge in [-0.3, -0.25) is 0 Å². The summed E-state index contributed by atoms with van der Waals surface area (Å²) in [6.45, 7) is 0.290. The van der Waals surface area contributed by atoms with Crippen molar-refractivity contribution >= 4 is 33.4 Å². The predicted octanol–water partition coefficient (Wildman–Crippen LogP) is 5.44. The second kappa shape index (κ2) is 9.18. The molecule has 0 saturated heterocycles. The van der Waals surface area contributed by atoms with E-state index in [0.29, 0.717) is 10.7 Å². The number of halogens is 2. The van der Waals surface area contributed by atoms with Gasteiger partial charge in [-0.05, 0) is 79.1 Å². The molecular weight excluding hydrogens is 455 g/mol. The van der Waals surface area contributed by atoms with Crippen molar-refractivity contribution in [2.75, 3.05) is 5.32 Å². The maximum absolute atomic E-state index is 13.1. The number of rotatable bonds is 7. The molecule has 0 aromatic heterocycles. The Morgan fingerprint density at radius 2 is 1.75 bits per heavy atom. The first kappa shape index (κ1) is 22.1. The number of carbonyl (C=O) groups is 1. The fourth-order valence-electron chi connectivity index (χ4n) is 3.15. The van der Waals surface area contributed by atoms with E-state index in [0.717, 1.165) is 42.7 Å². The highest BCUT2D eigenvalue weighted by molar-refractivity contribution is 7.87. The van der Waals surface area contributed by atoms with Crippen molar-refractivity contribution in [1.29, 1.82) is 0 Å². The SMILES string of the molecule is O=C(Nc1ccc(Cl)cc1)N(Cc1cccc(OS(=O)(=O)c2ccc(F)cc2)c1)C1CC1. The molecule has 1 saturated carbocycles. The molecule has 0 unspecified atom stereocenters. The van der Waals surface area contributed by atoms with Crippen LogP contribution < -0.4 is 9.50 Å². The van der Waals surface area contributed by atoms with Gasteiger partial charge in [0, 0.05) is 23.3 Å². The molecule has 4 rings (SSSR count). The van der Waals surface area contributed by atoms with Crippen molar-refractivity contribution in [2.45, 2.75) is 30.3 Å². The monoisotopic (exact) mass is 474 g/mol. The topological polar surface area (TPSA) is 75.7 Å². The first-order valence-electron chi connectivity index (χ1n) is 9.92. The number of amides is 2. The van der Waals surface area contributed by atoms with Crippen LogP contribution in [0.1, 0.15) is 18.4 Å². The van der Waals surface area contributed by atoms with Gasteiger partial charge < -0.3 is 14.4 Å². The van der Waals surface area contributed by atoms with Crippen molar-refractivity contribution in [3.63, 3.8) is 0 Å². The van der Waals surface area contributed by atoms with Crippen LogP contribution in [0.5, 0.6) is 5.75 Å². The van der Waals surface area contributed by atoms with Gasteiger partial charge >= 0.3 is 16.1 Å². The van der Waals surface area contributed by atoms with Gasteiger partial charge in [0.2, 0.25) is 0 Å². The summed E-state index contributed by atoms with van der Waals surface area (Å²) in [6, 6.07) is 17.6. The molecule has 0 spiro atoms. The Morgan fingerprint density at radius 1 is 1.06 bits per heavy atom. The summed E-state index contributed by atoms with van der Waals surface area (Å²) in [6.07, 6.45) is 1.81. The highest BCUT2D eigenvalue weighted by Gasteiger charge is 2.32. The van der Waals surface area contributed by atoms with E-state index >= 15 is 0 Å². The van der Waals surface area contributed by atoms with Crippen molar-refractivity contribution < 1.29 is 21.8 Å². The van der Waals surface area contributed by atoms with Gasteiger partial charge in [0.15, 0.2) is 0 Å². The van der Waals surface area contributed by atoms with E-state index in [9.17, 15) is 17.6 Å². The van der Waals surface area contributed by atoms with Crippen LogP contribution in [0.15, 0.2) is 77.7 Å². The number of nitrogens with one attached hydrogen (secondary N) is 1. The molecule has 166 valence electrons. The molecule has 0 radical (unpaired) electrons. The molecule has 1 fully saturated rings. The average molecular weight is 475 g/mol. The number of benzene rings is 3. The summed E-state index contributed by atoms with van der Waals surface area (Å²) >= 11 is 5.89. The quantitative estimate of drug-likeness (QED) is 0.462. The van der Waals surface area contributed by atoms with Gasteiger partial charge in [0.1, 0.15) is 16.5 Å². The van der Waals surface area contributed by atoms with E-state index in [1.807, 2.05) is 0 Å². The molecule has 0 heterocycles. The van der Waals surface area contributed by atoms with Gasteiger partial charge in [-0.1, -0.05) is 23.7 Å². The minimum atomic E-state index is -4.11. The van der Waals surface area contributed by atoms with Crippen LogP contribution in [-0.2, 0) is 16.7 Å². The summed E-state index contributed by atoms with van der Waals surface area (Å²) in [5, 5.41) is 3.44. The molecule has 9 heteroatoms. The Morgan fingerprint density at radius 3 is 2.41 bits per heavy atom. The maximum Gasteiger partial charge on any atom is 0.339 e. The zero-order valence-corrected chi connectivity index (χ0v) is 18.4. The second-order valence-electron chi connectivity index (χ2n) is 7.43. The van der Waals surface area contributed by atoms with E-state index in [4.69, 9.17) is 15.8 Å². The molecule has 3 aromatic rings. The zero-order chi connectivity index (χ0) is 22.7. The first-order chi connectivity index (χ1) is 15.3. The third-order valence-electron chi connectivity index (χ3n) is 4.90. The van der Waals surface area contributed by atoms with Crippen LogP contribution in [0, 0.1) is 5.82 Å². The third kappa shape index (κ3) is 5.57. The molecule has 1 N–H and O–H groups in total. The summed E-state index contributed by atoms with van der Waals surface area (Å²) in [7, 11) is -4.11. The number of hydrogen-bond acceptors (Lipinski definition) is 4. The molecule has 1 aliphatic carbocycles. The van der Waals surface area contributed by atoms with Crippen LogP contribution in [0.2, 0.25) is 5.02 Å². The molecule has 6 nitrogen and oxygen atoms in total. The lowest BCUT2D eigenvalue weighted by Gasteiger charge is -2.23. The third-order valence-corrected chi connectivity index (χ3v) is 6.42. The number of urea groups is 1. The molecule has 0 atom stereocenters. The largest absolute Gasteiger partial charge is 0.379 e. The molecule has 3 aromatic carbocycles. The Balaban J connectivity index is 1.47. The minimum absolute atomic E-state index is 0.112. The fourth-order valence-corrected chi connectivity index (χ4v) is 4.20. The lowest BCUT2D eigenvalue weighted by molar-refractivity contribution is 0.206. The van der Waals surface area contributed by atoms with Gasteiger partial charge in [-0.25, -0.2) is 9.18 Å². The lowest BCUT2D eigenvalue weighted by Crippen LogP contribution is -2.36. The highest BCUT2D eigenvalue weighted by Crippen LogP contribution is 2.30. The van der Waals surface area contributed by atoms with E-state index in [1.165, 1.54) is 6.07 Å². The van der Waals surface area contributed by atoms with Crippen LogP contribution in [-0.4, -0.2) is 25.4 Å². The summed E-state index contributed by atoms with van der Waals surface area (Å²) in [4.78, 5) is 14.4. The molecule has 0 aliphatic heterocycles. The Bertz CT molecular complexity index is 1210. The summed E-state index contributed by atoms with van der Waals surface area (Å²) in [5.41, 5.74) is 1.35. The smallest absolute Gasteiger partial charge is 0.339 e. The van der Waals surface area contributed by atoms with Crippen LogP contribution in [0.25, 0.3) is 0 Å². The van der Waals surface area contributed by atoms with Crippen LogP contribution in [0.4, 0.5) is 14.9 Å². The molecule has 0 bridgehead atoms. The maximum atomic E-state index is 13.1. The van der Waals surface area contributed by atoms with Crippen molar-refractivity contribution in [3.05, 3.63) is 89.2 Å². The fraction of sp³-hybridized carbons (Fsp3) is 0.174. The Hall–Kier alpha value is -3.10. The highest BCUT2D eigenvalue weighted by atomic mass is 35.5. The minimum Gasteiger partial charge on any atom is -0.379 e. The van der Waals surface area contributed by atoms with Gasteiger partial charge in [0.05, 0.1) is 0 Å². The van der Waals surface area contributed by atoms with E-state index in [1.54, 1.807) is 47.4 Å². The predicted molar refractivity (Wildman–Crippen MR) is 120 cm³/mol. The molecule has 1 aliphatic rings. The van der Waals surface area contributed by atoms with Crippen molar-refractivity contribution in [2.24, 2.45) is 0 Å². The normalized spacial score (nSPS) is 13.4. The van der Waals surface area contributed by atoms with Gasteiger partial charge in [-0.15, -0.1) is 0 Å². The van der Waals surface area contributed by atoms with Gasteiger partial charge in [0.25, 0.3) is 0 Å². The van der Waals surface area contributed by atoms with Crippen molar-refractivity contribution in [3.8, 4) is 5.75 Å². The van der Waals surface area contributed by atoms with E-state index in [2.05, 4.69) is 5.32 Å². The van der Waals surface area contributed by atoms with E-state index < -0.39 is 15.9 Å². The number of anilines is 1. The number of nitrogens with zero attached hydrogens (tertiary/aromatic N) is 1. The standard InChI is InChI=1S/C23H20ClFN2O4S/c24-17-4-8-19(9-5-17)26-23(28)27(20-10-11-20)15-16-2-1-3-21(14-16)31-32(29,30)22-12-6-18(25)7-13-22/h1-9,12-14,20H,10-11,15H2,(H,26,28). The van der Waals surface area contributed by atoms with E-state index in [-0.39, 0.29) is 29.3 Å². The van der Waals surface area contributed by atoms with Crippen LogP contribution >= 0.6 is 11.6 Å². The summed E-state index contributed by atoms with van der Waals surface area (Å²) in [5.74, 6) is -0.427. The molecule has 32 heavy (non-hydrogen) atoms. The van der Waals surface area contributed by atoms with Crippen LogP contribution in [0.3, 0.4) is 0 Å². The summed E-state index contributed by atoms with van der Waals surface area (Å²) < 4.78 is 43.2. The lowest BCUT2D eigenvalue weighted by atomic mass is 10.2. The van der Waals surface area contributed by atoms with Crippen molar-refractivity contribution in [1.82, 2.24) is 4.90 Å². The van der Waals surface area contributed by atoms with Gasteiger partial charge in [-0.2, -0.15) is 8.42 Å². The number of hydrogen-bond donors (Lipinski definition) is 1. The number of carbonyl (C=O) groups excluding carboxylic acids is 1. The Kier molecular flexibility index (Phi) is 6.34. The molecule has 2 amide bonds. The Labute approximate surface area is 190 Å². The average Bonchev–Trinajstić information content (AvgIpc) is 3.59. The zero-order valence-electron chi connectivity index (χ0n) is 16.9. The first-order valence-corrected chi connectivity index (χ1v) is 11.7. The second-order valence-corrected chi connectivity index (χ2v) is 9.42. The molecular formula is C23H20ClFN2O4S.